The van der Waals surface area contributed by atoms with Crippen LogP contribution in [0.3, 0.4) is 0 Å². The summed E-state index contributed by atoms with van der Waals surface area (Å²) < 4.78 is 0. The lowest BCUT2D eigenvalue weighted by atomic mass is 9.92. The van der Waals surface area contributed by atoms with Crippen LogP contribution in [0.1, 0.15) is 46.0 Å². The fourth-order valence-electron chi connectivity index (χ4n) is 3.32. The molecule has 0 aromatic heterocycles. The van der Waals surface area contributed by atoms with Gasteiger partial charge in [-0.25, -0.2) is 4.79 Å². The molecule has 2 heterocycles. The second-order valence-electron chi connectivity index (χ2n) is 6.41. The normalized spacial score (nSPS) is 31.8. The first-order chi connectivity index (χ1) is 9.49. The zero-order valence-corrected chi connectivity index (χ0v) is 12.5. The van der Waals surface area contributed by atoms with Crippen molar-refractivity contribution in [3.63, 3.8) is 0 Å². The number of carbonyl (C=O) groups is 2. The van der Waals surface area contributed by atoms with Crippen LogP contribution >= 0.6 is 0 Å². The van der Waals surface area contributed by atoms with E-state index in [-0.39, 0.29) is 18.0 Å². The summed E-state index contributed by atoms with van der Waals surface area (Å²) in [5, 5.41) is 9.08. The van der Waals surface area contributed by atoms with Gasteiger partial charge in [-0.2, -0.15) is 0 Å². The van der Waals surface area contributed by atoms with E-state index >= 15 is 0 Å². The number of piperidine rings is 1. The van der Waals surface area contributed by atoms with Gasteiger partial charge in [0.05, 0.1) is 5.92 Å². The van der Waals surface area contributed by atoms with Gasteiger partial charge in [0.1, 0.15) is 0 Å². The molecule has 3 unspecified atom stereocenters. The van der Waals surface area contributed by atoms with E-state index in [4.69, 9.17) is 5.11 Å². The Morgan fingerprint density at radius 1 is 1.05 bits per heavy atom. The van der Waals surface area contributed by atoms with Crippen molar-refractivity contribution in [2.75, 3.05) is 19.6 Å². The lowest BCUT2D eigenvalue weighted by Crippen LogP contribution is -2.51. The lowest BCUT2D eigenvalue weighted by molar-refractivity contribution is -0.143. The van der Waals surface area contributed by atoms with Crippen molar-refractivity contribution < 1.29 is 14.7 Å². The van der Waals surface area contributed by atoms with E-state index in [1.165, 1.54) is 6.42 Å². The smallest absolute Gasteiger partial charge is 0.320 e. The predicted octanol–water partition coefficient (Wildman–Crippen LogP) is 2.41. The Labute approximate surface area is 120 Å². The minimum absolute atomic E-state index is 0.0260. The van der Waals surface area contributed by atoms with Gasteiger partial charge in [0.15, 0.2) is 0 Å². The Hall–Kier alpha value is -1.26. The van der Waals surface area contributed by atoms with Crippen molar-refractivity contribution in [2.45, 2.75) is 52.0 Å². The Morgan fingerprint density at radius 2 is 1.80 bits per heavy atom. The van der Waals surface area contributed by atoms with Gasteiger partial charge in [-0.1, -0.05) is 6.92 Å². The molecule has 2 aliphatic heterocycles. The van der Waals surface area contributed by atoms with Gasteiger partial charge < -0.3 is 14.9 Å². The van der Waals surface area contributed by atoms with Gasteiger partial charge in [-0.05, 0) is 44.9 Å². The molecule has 0 aromatic rings. The van der Waals surface area contributed by atoms with E-state index in [1.807, 2.05) is 16.7 Å². The largest absolute Gasteiger partial charge is 0.481 e. The molecule has 5 heteroatoms. The van der Waals surface area contributed by atoms with Crippen LogP contribution in [-0.2, 0) is 4.79 Å². The molecule has 0 bridgehead atoms. The fraction of sp³-hybridized carbons (Fsp3) is 0.867. The van der Waals surface area contributed by atoms with Gasteiger partial charge in [0, 0.05) is 25.7 Å². The second-order valence-corrected chi connectivity index (χ2v) is 6.41. The number of carboxylic acids is 1. The highest BCUT2D eigenvalue weighted by Gasteiger charge is 2.34. The Bertz CT molecular complexity index is 372. The second kappa shape index (κ2) is 6.46. The fourth-order valence-corrected chi connectivity index (χ4v) is 3.32. The topological polar surface area (TPSA) is 60.9 Å². The van der Waals surface area contributed by atoms with Crippen LogP contribution < -0.4 is 0 Å². The Balaban J connectivity index is 1.94. The molecular formula is C15H26N2O3. The van der Waals surface area contributed by atoms with E-state index in [2.05, 4.69) is 6.92 Å². The number of hydrogen-bond acceptors (Lipinski definition) is 2. The van der Waals surface area contributed by atoms with Crippen molar-refractivity contribution in [1.29, 1.82) is 0 Å². The van der Waals surface area contributed by atoms with Crippen LogP contribution in [0.5, 0.6) is 0 Å². The van der Waals surface area contributed by atoms with Gasteiger partial charge >= 0.3 is 12.0 Å². The molecule has 2 saturated heterocycles. The highest BCUT2D eigenvalue weighted by molar-refractivity contribution is 5.76. The summed E-state index contributed by atoms with van der Waals surface area (Å²) in [7, 11) is 0. The number of amides is 2. The zero-order valence-electron chi connectivity index (χ0n) is 12.5. The number of hydrogen-bond donors (Lipinski definition) is 1. The molecule has 0 spiro atoms. The number of carbonyl (C=O) groups excluding carboxylic acids is 1. The van der Waals surface area contributed by atoms with Crippen LogP contribution in [0.2, 0.25) is 0 Å². The van der Waals surface area contributed by atoms with Crippen molar-refractivity contribution in [3.05, 3.63) is 0 Å². The monoisotopic (exact) mass is 282 g/mol. The number of carboxylic acid groups (broad SMARTS) is 1. The van der Waals surface area contributed by atoms with Crippen molar-refractivity contribution >= 4 is 12.0 Å². The molecule has 0 radical (unpaired) electrons. The first-order valence-corrected chi connectivity index (χ1v) is 7.77. The summed E-state index contributed by atoms with van der Waals surface area (Å²) in [5.74, 6) is -0.325. The van der Waals surface area contributed by atoms with Crippen LogP contribution in [0.4, 0.5) is 4.79 Å². The minimum Gasteiger partial charge on any atom is -0.481 e. The third-order valence-corrected chi connectivity index (χ3v) is 4.76. The van der Waals surface area contributed by atoms with Crippen molar-refractivity contribution in [3.8, 4) is 0 Å². The van der Waals surface area contributed by atoms with E-state index in [1.54, 1.807) is 0 Å². The molecule has 3 atom stereocenters. The summed E-state index contributed by atoms with van der Waals surface area (Å²) >= 11 is 0. The molecule has 5 nitrogen and oxygen atoms in total. The molecule has 0 aliphatic carbocycles. The van der Waals surface area contributed by atoms with Crippen LogP contribution in [0, 0.1) is 11.8 Å². The highest BCUT2D eigenvalue weighted by Crippen LogP contribution is 2.25. The molecule has 0 aromatic carbocycles. The quantitative estimate of drug-likeness (QED) is 0.803. The number of rotatable bonds is 1. The van der Waals surface area contributed by atoms with Crippen LogP contribution in [0.15, 0.2) is 0 Å². The maximum atomic E-state index is 12.6. The first-order valence-electron chi connectivity index (χ1n) is 7.77. The average Bonchev–Trinajstić information content (AvgIpc) is 2.62. The standard InChI is InChI=1S/C15H26N2O3/c1-11-4-3-7-16(8-5-11)15(20)17-9-6-13(14(18)19)10-12(17)2/h11-13H,3-10H2,1-2H3,(H,18,19). The van der Waals surface area contributed by atoms with Crippen LogP contribution in [0.25, 0.3) is 0 Å². The first kappa shape index (κ1) is 15.1. The van der Waals surface area contributed by atoms with E-state index in [0.29, 0.717) is 25.3 Å². The van der Waals surface area contributed by atoms with E-state index < -0.39 is 5.97 Å². The zero-order chi connectivity index (χ0) is 14.7. The molecule has 0 saturated carbocycles. The van der Waals surface area contributed by atoms with Gasteiger partial charge in [-0.3, -0.25) is 4.79 Å². The highest BCUT2D eigenvalue weighted by atomic mass is 16.4. The predicted molar refractivity (Wildman–Crippen MR) is 76.5 cm³/mol. The molecule has 1 N–H and O–H groups in total. The molecular weight excluding hydrogens is 256 g/mol. The summed E-state index contributed by atoms with van der Waals surface area (Å²) in [6.07, 6.45) is 4.50. The summed E-state index contributed by atoms with van der Waals surface area (Å²) in [4.78, 5) is 27.5. The molecule has 2 aliphatic rings. The molecule has 2 rings (SSSR count). The molecule has 2 amide bonds. The lowest BCUT2D eigenvalue weighted by Gasteiger charge is -2.39. The number of nitrogens with zero attached hydrogens (tertiary/aromatic N) is 2. The SMILES string of the molecule is CC1CCCN(C(=O)N2CCC(C(=O)O)CC2C)CC1. The maximum absolute atomic E-state index is 12.6. The maximum Gasteiger partial charge on any atom is 0.320 e. The summed E-state index contributed by atoms with van der Waals surface area (Å²) in [6, 6.07) is 0.133. The van der Waals surface area contributed by atoms with Gasteiger partial charge in [-0.15, -0.1) is 0 Å². The third-order valence-electron chi connectivity index (χ3n) is 4.76. The van der Waals surface area contributed by atoms with Crippen molar-refractivity contribution in [2.24, 2.45) is 11.8 Å². The average molecular weight is 282 g/mol. The van der Waals surface area contributed by atoms with Gasteiger partial charge in [0.25, 0.3) is 0 Å². The van der Waals surface area contributed by atoms with Crippen molar-refractivity contribution in [1.82, 2.24) is 9.80 Å². The van der Waals surface area contributed by atoms with E-state index in [9.17, 15) is 9.59 Å². The van der Waals surface area contributed by atoms with Crippen LogP contribution in [-0.4, -0.2) is 52.6 Å². The number of likely N-dealkylation sites (tertiary alicyclic amines) is 2. The summed E-state index contributed by atoms with van der Waals surface area (Å²) in [5.41, 5.74) is 0. The third kappa shape index (κ3) is 3.44. The Kier molecular flexibility index (Phi) is 4.89. The molecule has 20 heavy (non-hydrogen) atoms. The van der Waals surface area contributed by atoms with Gasteiger partial charge in [0.2, 0.25) is 0 Å². The molecule has 114 valence electrons. The minimum atomic E-state index is -0.729. The van der Waals surface area contributed by atoms with E-state index in [0.717, 1.165) is 25.9 Å². The number of aliphatic carboxylic acids is 1. The molecule has 2 fully saturated rings. The Morgan fingerprint density at radius 3 is 2.45 bits per heavy atom. The summed E-state index contributed by atoms with van der Waals surface area (Å²) in [6.45, 7) is 6.46. The number of urea groups is 1.